The summed E-state index contributed by atoms with van der Waals surface area (Å²) in [5, 5.41) is 18.6. The summed E-state index contributed by atoms with van der Waals surface area (Å²) in [4.78, 5) is 2.14. The summed E-state index contributed by atoms with van der Waals surface area (Å²) in [6.07, 6.45) is 1.33. The predicted octanol–water partition coefficient (Wildman–Crippen LogP) is 0.460. The average molecular weight is 187 g/mol. The molecule has 1 saturated heterocycles. The van der Waals surface area contributed by atoms with Gasteiger partial charge in [0, 0.05) is 13.1 Å². The second-order valence-electron chi connectivity index (χ2n) is 4.43. The van der Waals surface area contributed by atoms with Crippen LogP contribution in [0, 0.1) is 5.92 Å². The predicted molar refractivity (Wildman–Crippen MR) is 52.5 cm³/mol. The quantitative estimate of drug-likeness (QED) is 0.672. The summed E-state index contributed by atoms with van der Waals surface area (Å²) in [6.45, 7) is 6.71. The van der Waals surface area contributed by atoms with Gasteiger partial charge in [0.05, 0.1) is 12.2 Å². The van der Waals surface area contributed by atoms with Crippen molar-refractivity contribution in [2.24, 2.45) is 5.92 Å². The zero-order chi connectivity index (χ0) is 9.84. The Balaban J connectivity index is 2.10. The zero-order valence-electron chi connectivity index (χ0n) is 8.61. The fraction of sp³-hybridized carbons (Fsp3) is 1.00. The fourth-order valence-electron chi connectivity index (χ4n) is 1.75. The smallest absolute Gasteiger partial charge is 0.0938 e. The van der Waals surface area contributed by atoms with Crippen molar-refractivity contribution in [3.63, 3.8) is 0 Å². The van der Waals surface area contributed by atoms with E-state index in [1.165, 1.54) is 6.42 Å². The molecule has 1 heterocycles. The standard InChI is InChI=1S/C10H21NO2/c1-8(2)4-3-5-11-6-9(12)10(13)7-11/h8-10,12-13H,3-7H2,1-2H3/t9-,10+. The van der Waals surface area contributed by atoms with Crippen molar-refractivity contribution < 1.29 is 10.2 Å². The number of aliphatic hydroxyl groups excluding tert-OH is 2. The van der Waals surface area contributed by atoms with Crippen LogP contribution in [0.5, 0.6) is 0 Å². The fourth-order valence-corrected chi connectivity index (χ4v) is 1.75. The number of β-amino-alcohol motifs (C(OH)–C–C–N with tert-alkyl or cyclic N) is 2. The topological polar surface area (TPSA) is 43.7 Å². The van der Waals surface area contributed by atoms with Gasteiger partial charge in [-0.1, -0.05) is 13.8 Å². The molecular weight excluding hydrogens is 166 g/mol. The van der Waals surface area contributed by atoms with E-state index in [1.807, 2.05) is 0 Å². The summed E-state index contributed by atoms with van der Waals surface area (Å²) >= 11 is 0. The van der Waals surface area contributed by atoms with Gasteiger partial charge in [-0.2, -0.15) is 0 Å². The first-order valence-corrected chi connectivity index (χ1v) is 5.18. The molecule has 1 rings (SSSR count). The van der Waals surface area contributed by atoms with Crippen LogP contribution in [-0.4, -0.2) is 47.0 Å². The van der Waals surface area contributed by atoms with Crippen LogP contribution in [-0.2, 0) is 0 Å². The normalized spacial score (nSPS) is 30.2. The molecule has 0 saturated carbocycles. The van der Waals surface area contributed by atoms with Crippen molar-refractivity contribution in [2.45, 2.75) is 38.9 Å². The van der Waals surface area contributed by atoms with Gasteiger partial charge in [0.1, 0.15) is 0 Å². The first-order chi connectivity index (χ1) is 6.09. The van der Waals surface area contributed by atoms with Gasteiger partial charge >= 0.3 is 0 Å². The molecule has 2 N–H and O–H groups in total. The maximum atomic E-state index is 9.28. The third-order valence-corrected chi connectivity index (χ3v) is 2.59. The molecule has 2 atom stereocenters. The van der Waals surface area contributed by atoms with Gasteiger partial charge in [0.25, 0.3) is 0 Å². The van der Waals surface area contributed by atoms with Crippen LogP contribution in [0.25, 0.3) is 0 Å². The van der Waals surface area contributed by atoms with Crippen LogP contribution in [0.3, 0.4) is 0 Å². The molecule has 1 aliphatic rings. The lowest BCUT2D eigenvalue weighted by Crippen LogP contribution is -2.23. The zero-order valence-corrected chi connectivity index (χ0v) is 8.61. The van der Waals surface area contributed by atoms with Crippen molar-refractivity contribution in [1.82, 2.24) is 4.90 Å². The Morgan fingerprint density at radius 3 is 2.23 bits per heavy atom. The number of hydrogen-bond donors (Lipinski definition) is 2. The van der Waals surface area contributed by atoms with Crippen molar-refractivity contribution in [2.75, 3.05) is 19.6 Å². The van der Waals surface area contributed by atoms with E-state index in [2.05, 4.69) is 18.7 Å². The highest BCUT2D eigenvalue weighted by Crippen LogP contribution is 2.12. The van der Waals surface area contributed by atoms with E-state index in [9.17, 15) is 10.2 Å². The molecule has 1 fully saturated rings. The third-order valence-electron chi connectivity index (χ3n) is 2.59. The molecule has 3 heteroatoms. The lowest BCUT2D eigenvalue weighted by molar-refractivity contribution is 0.0572. The maximum Gasteiger partial charge on any atom is 0.0938 e. The molecule has 78 valence electrons. The second kappa shape index (κ2) is 4.94. The minimum absolute atomic E-state index is 0.529. The Morgan fingerprint density at radius 2 is 1.77 bits per heavy atom. The Morgan fingerprint density at radius 1 is 1.23 bits per heavy atom. The monoisotopic (exact) mass is 187 g/mol. The molecule has 0 aliphatic carbocycles. The number of rotatable bonds is 4. The molecule has 0 spiro atoms. The minimum atomic E-state index is -0.529. The van der Waals surface area contributed by atoms with Gasteiger partial charge in [0.15, 0.2) is 0 Å². The summed E-state index contributed by atoms with van der Waals surface area (Å²) in [6, 6.07) is 0. The Labute approximate surface area is 80.4 Å². The highest BCUT2D eigenvalue weighted by molar-refractivity contribution is 4.82. The largest absolute Gasteiger partial charge is 0.389 e. The Hall–Kier alpha value is -0.120. The summed E-state index contributed by atoms with van der Waals surface area (Å²) in [7, 11) is 0. The van der Waals surface area contributed by atoms with E-state index in [0.29, 0.717) is 13.1 Å². The average Bonchev–Trinajstić information content (AvgIpc) is 2.30. The van der Waals surface area contributed by atoms with E-state index in [0.717, 1.165) is 18.9 Å². The van der Waals surface area contributed by atoms with E-state index >= 15 is 0 Å². The Kier molecular flexibility index (Phi) is 4.16. The highest BCUT2D eigenvalue weighted by Gasteiger charge is 2.28. The van der Waals surface area contributed by atoms with E-state index in [-0.39, 0.29) is 0 Å². The number of nitrogens with zero attached hydrogens (tertiary/aromatic N) is 1. The van der Waals surface area contributed by atoms with Crippen molar-refractivity contribution in [3.8, 4) is 0 Å². The number of hydrogen-bond acceptors (Lipinski definition) is 3. The molecule has 3 nitrogen and oxygen atoms in total. The van der Waals surface area contributed by atoms with Crippen LogP contribution in [0.2, 0.25) is 0 Å². The lowest BCUT2D eigenvalue weighted by Gasteiger charge is -2.14. The van der Waals surface area contributed by atoms with Crippen LogP contribution in [0.1, 0.15) is 26.7 Å². The lowest BCUT2D eigenvalue weighted by atomic mass is 10.1. The van der Waals surface area contributed by atoms with Crippen LogP contribution >= 0.6 is 0 Å². The molecule has 0 bridgehead atoms. The second-order valence-corrected chi connectivity index (χ2v) is 4.43. The minimum Gasteiger partial charge on any atom is -0.389 e. The SMILES string of the molecule is CC(C)CCCN1C[C@@H](O)[C@@H](O)C1. The summed E-state index contributed by atoms with van der Waals surface area (Å²) in [5.41, 5.74) is 0. The molecular formula is C10H21NO2. The molecule has 0 unspecified atom stereocenters. The number of aliphatic hydroxyl groups is 2. The van der Waals surface area contributed by atoms with Gasteiger partial charge in [-0.05, 0) is 25.3 Å². The molecule has 0 aromatic heterocycles. The Bertz CT molecular complexity index is 140. The van der Waals surface area contributed by atoms with Gasteiger partial charge in [0.2, 0.25) is 0 Å². The summed E-state index contributed by atoms with van der Waals surface area (Å²) < 4.78 is 0. The van der Waals surface area contributed by atoms with E-state index < -0.39 is 12.2 Å². The van der Waals surface area contributed by atoms with E-state index in [4.69, 9.17) is 0 Å². The van der Waals surface area contributed by atoms with Crippen molar-refractivity contribution in [1.29, 1.82) is 0 Å². The van der Waals surface area contributed by atoms with Crippen LogP contribution in [0.15, 0.2) is 0 Å². The van der Waals surface area contributed by atoms with Crippen LogP contribution in [0.4, 0.5) is 0 Å². The summed E-state index contributed by atoms with van der Waals surface area (Å²) in [5.74, 6) is 0.748. The molecule has 13 heavy (non-hydrogen) atoms. The van der Waals surface area contributed by atoms with Gasteiger partial charge < -0.3 is 10.2 Å². The van der Waals surface area contributed by atoms with Gasteiger partial charge in [-0.3, -0.25) is 4.90 Å². The van der Waals surface area contributed by atoms with Gasteiger partial charge in [-0.15, -0.1) is 0 Å². The van der Waals surface area contributed by atoms with E-state index in [1.54, 1.807) is 0 Å². The molecule has 1 aliphatic heterocycles. The van der Waals surface area contributed by atoms with Crippen molar-refractivity contribution in [3.05, 3.63) is 0 Å². The molecule has 0 aromatic rings. The number of likely N-dealkylation sites (tertiary alicyclic amines) is 1. The first kappa shape index (κ1) is 11.0. The van der Waals surface area contributed by atoms with Gasteiger partial charge in [-0.25, -0.2) is 0 Å². The van der Waals surface area contributed by atoms with Crippen LogP contribution < -0.4 is 0 Å². The highest BCUT2D eigenvalue weighted by atomic mass is 16.3. The molecule has 0 aromatic carbocycles. The third kappa shape index (κ3) is 3.63. The molecule has 0 radical (unpaired) electrons. The first-order valence-electron chi connectivity index (χ1n) is 5.18. The molecule has 0 amide bonds. The maximum absolute atomic E-state index is 9.28. The van der Waals surface area contributed by atoms with Crippen molar-refractivity contribution >= 4 is 0 Å².